The van der Waals surface area contributed by atoms with Crippen LogP contribution in [0.2, 0.25) is 0 Å². The number of hydrogen-bond acceptors (Lipinski definition) is 2. The van der Waals surface area contributed by atoms with Crippen LogP contribution < -0.4 is 0 Å². The molecule has 1 aliphatic rings. The smallest absolute Gasteiger partial charge is 0.147 e. The minimum absolute atomic E-state index is 0.963. The molecule has 4 heterocycles. The summed E-state index contributed by atoms with van der Waals surface area (Å²) in [5, 5.41) is 5.97. The highest BCUT2D eigenvalue weighted by Crippen LogP contribution is 2.48. The fourth-order valence-electron chi connectivity index (χ4n) is 7.34. The summed E-state index contributed by atoms with van der Waals surface area (Å²) in [4.78, 5) is 9.84. The maximum Gasteiger partial charge on any atom is 0.147 e. The molecular formula is C37H22N4. The Hall–Kier alpha value is -5.48. The van der Waals surface area contributed by atoms with E-state index < -0.39 is 0 Å². The van der Waals surface area contributed by atoms with Gasteiger partial charge in [0, 0.05) is 45.2 Å². The van der Waals surface area contributed by atoms with Crippen LogP contribution in [0.25, 0.3) is 77.0 Å². The van der Waals surface area contributed by atoms with E-state index in [9.17, 15) is 0 Å². The molecule has 5 aromatic carbocycles. The first-order valence-corrected chi connectivity index (χ1v) is 14.1. The summed E-state index contributed by atoms with van der Waals surface area (Å²) in [5.74, 6) is 0. The Morgan fingerprint density at radius 3 is 2.37 bits per heavy atom. The number of para-hydroxylation sites is 3. The Bertz CT molecular complexity index is 2550. The molecule has 4 heteroatoms. The Balaban J connectivity index is 1.52. The second-order valence-corrected chi connectivity index (χ2v) is 11.0. The van der Waals surface area contributed by atoms with Crippen molar-refractivity contribution in [3.8, 4) is 16.8 Å². The average molecular weight is 523 g/mol. The van der Waals surface area contributed by atoms with Crippen LogP contribution in [0.4, 0.5) is 0 Å². The van der Waals surface area contributed by atoms with Crippen LogP contribution in [0.1, 0.15) is 11.1 Å². The van der Waals surface area contributed by atoms with Crippen molar-refractivity contribution >= 4 is 60.2 Å². The van der Waals surface area contributed by atoms with E-state index in [0.29, 0.717) is 0 Å². The molecule has 0 bridgehead atoms. The van der Waals surface area contributed by atoms with Gasteiger partial charge in [-0.1, -0.05) is 72.8 Å². The molecule has 4 nitrogen and oxygen atoms in total. The first-order chi connectivity index (χ1) is 20.4. The van der Waals surface area contributed by atoms with Gasteiger partial charge in [0.05, 0.1) is 27.6 Å². The van der Waals surface area contributed by atoms with E-state index in [0.717, 1.165) is 39.7 Å². The summed E-state index contributed by atoms with van der Waals surface area (Å²) in [6.07, 6.45) is 4.84. The lowest BCUT2D eigenvalue weighted by molar-refractivity contribution is 1.18. The molecule has 0 saturated carbocycles. The molecule has 0 atom stereocenters. The third-order valence-corrected chi connectivity index (χ3v) is 8.98. The molecule has 0 N–H and O–H groups in total. The minimum atomic E-state index is 0.963. The van der Waals surface area contributed by atoms with Crippen LogP contribution in [0.15, 0.2) is 122 Å². The van der Waals surface area contributed by atoms with Gasteiger partial charge in [0.1, 0.15) is 5.65 Å². The SMILES string of the molecule is c1ccc(-n2c3ccc4c5cnccc5n5c6ccccc6nc5c4c3c3ccc4c(c32)-c2ccccc2C4)cc1. The molecular weight excluding hydrogens is 500 g/mol. The van der Waals surface area contributed by atoms with Gasteiger partial charge in [-0.2, -0.15) is 0 Å². The zero-order chi connectivity index (χ0) is 26.7. The van der Waals surface area contributed by atoms with Crippen molar-refractivity contribution in [2.24, 2.45) is 0 Å². The zero-order valence-electron chi connectivity index (χ0n) is 22.0. The molecule has 0 spiro atoms. The fraction of sp³-hybridized carbons (Fsp3) is 0.0270. The fourth-order valence-corrected chi connectivity index (χ4v) is 7.34. The lowest BCUT2D eigenvalue weighted by Crippen LogP contribution is -1.96. The minimum Gasteiger partial charge on any atom is -0.309 e. The molecule has 41 heavy (non-hydrogen) atoms. The van der Waals surface area contributed by atoms with Crippen LogP contribution in [-0.4, -0.2) is 18.9 Å². The normalized spacial score (nSPS) is 12.8. The third-order valence-electron chi connectivity index (χ3n) is 8.98. The second kappa shape index (κ2) is 7.58. The second-order valence-electron chi connectivity index (χ2n) is 11.0. The van der Waals surface area contributed by atoms with Gasteiger partial charge in [-0.05, 0) is 64.9 Å². The van der Waals surface area contributed by atoms with Crippen molar-refractivity contribution in [2.45, 2.75) is 6.42 Å². The van der Waals surface area contributed by atoms with Gasteiger partial charge in [-0.15, -0.1) is 0 Å². The van der Waals surface area contributed by atoms with Crippen LogP contribution in [0.3, 0.4) is 0 Å². The first-order valence-electron chi connectivity index (χ1n) is 14.1. The van der Waals surface area contributed by atoms with Gasteiger partial charge in [-0.3, -0.25) is 9.38 Å². The Labute approximate surface area is 234 Å². The molecule has 9 aromatic rings. The van der Waals surface area contributed by atoms with E-state index in [-0.39, 0.29) is 0 Å². The molecule has 10 rings (SSSR count). The Morgan fingerprint density at radius 2 is 1.41 bits per heavy atom. The highest BCUT2D eigenvalue weighted by atomic mass is 15.0. The van der Waals surface area contributed by atoms with Crippen LogP contribution >= 0.6 is 0 Å². The molecule has 0 amide bonds. The maximum absolute atomic E-state index is 5.27. The van der Waals surface area contributed by atoms with Gasteiger partial charge in [0.2, 0.25) is 0 Å². The topological polar surface area (TPSA) is 35.1 Å². The van der Waals surface area contributed by atoms with Gasteiger partial charge in [0.25, 0.3) is 0 Å². The van der Waals surface area contributed by atoms with Crippen LogP contribution in [-0.2, 0) is 6.42 Å². The standard InChI is InChI=1S/C37H22N4/c1-2-9-24(10-3-1)40-32-17-16-26-28-21-38-19-18-30(28)41-31-13-7-6-12-29(31)39-37(41)35(26)34(32)27-15-14-23-20-22-8-4-5-11-25(22)33(23)36(27)40/h1-19,21H,20H2. The van der Waals surface area contributed by atoms with Crippen molar-refractivity contribution in [2.75, 3.05) is 0 Å². The van der Waals surface area contributed by atoms with E-state index in [1.165, 1.54) is 54.8 Å². The molecule has 190 valence electrons. The summed E-state index contributed by atoms with van der Waals surface area (Å²) in [6.45, 7) is 0. The number of hydrogen-bond donors (Lipinski definition) is 0. The lowest BCUT2D eigenvalue weighted by atomic mass is 9.99. The van der Waals surface area contributed by atoms with Crippen LogP contribution in [0, 0.1) is 0 Å². The van der Waals surface area contributed by atoms with E-state index in [2.05, 4.69) is 123 Å². The zero-order valence-corrected chi connectivity index (χ0v) is 22.0. The van der Waals surface area contributed by atoms with Gasteiger partial charge >= 0.3 is 0 Å². The highest BCUT2D eigenvalue weighted by molar-refractivity contribution is 6.30. The predicted molar refractivity (Wildman–Crippen MR) is 168 cm³/mol. The lowest BCUT2D eigenvalue weighted by Gasteiger charge is -2.12. The van der Waals surface area contributed by atoms with Crippen molar-refractivity contribution in [3.63, 3.8) is 0 Å². The summed E-state index contributed by atoms with van der Waals surface area (Å²) in [5.41, 5.74) is 13.3. The van der Waals surface area contributed by atoms with Gasteiger partial charge in [0.15, 0.2) is 0 Å². The molecule has 0 aliphatic heterocycles. The number of imidazole rings is 1. The van der Waals surface area contributed by atoms with E-state index in [1.54, 1.807) is 0 Å². The number of pyridine rings is 2. The first kappa shape index (κ1) is 21.4. The van der Waals surface area contributed by atoms with Gasteiger partial charge in [-0.25, -0.2) is 4.98 Å². The largest absolute Gasteiger partial charge is 0.309 e. The summed E-state index contributed by atoms with van der Waals surface area (Å²) in [7, 11) is 0. The summed E-state index contributed by atoms with van der Waals surface area (Å²) in [6, 6.07) is 39.4. The van der Waals surface area contributed by atoms with Crippen molar-refractivity contribution in [1.82, 2.24) is 18.9 Å². The van der Waals surface area contributed by atoms with Crippen molar-refractivity contribution in [3.05, 3.63) is 133 Å². The number of fused-ring (bicyclic) bond motifs is 16. The highest BCUT2D eigenvalue weighted by Gasteiger charge is 2.27. The number of benzene rings is 5. The maximum atomic E-state index is 5.27. The number of rotatable bonds is 1. The average Bonchev–Trinajstić information content (AvgIpc) is 3.71. The molecule has 0 radical (unpaired) electrons. The quantitative estimate of drug-likeness (QED) is 0.202. The Kier molecular flexibility index (Phi) is 3.95. The van der Waals surface area contributed by atoms with Crippen molar-refractivity contribution in [1.29, 1.82) is 0 Å². The number of aromatic nitrogens is 4. The predicted octanol–water partition coefficient (Wildman–Crippen LogP) is 8.86. The monoisotopic (exact) mass is 522 g/mol. The molecule has 0 unspecified atom stereocenters. The number of nitrogens with zero attached hydrogens (tertiary/aromatic N) is 4. The summed E-state index contributed by atoms with van der Waals surface area (Å²) < 4.78 is 4.79. The molecule has 1 aliphatic carbocycles. The summed E-state index contributed by atoms with van der Waals surface area (Å²) >= 11 is 0. The van der Waals surface area contributed by atoms with E-state index in [1.807, 2.05) is 12.4 Å². The third kappa shape index (κ3) is 2.64. The molecule has 4 aromatic heterocycles. The van der Waals surface area contributed by atoms with E-state index >= 15 is 0 Å². The Morgan fingerprint density at radius 1 is 0.585 bits per heavy atom. The van der Waals surface area contributed by atoms with Crippen molar-refractivity contribution < 1.29 is 0 Å². The van der Waals surface area contributed by atoms with Gasteiger partial charge < -0.3 is 4.57 Å². The van der Waals surface area contributed by atoms with E-state index in [4.69, 9.17) is 4.98 Å². The molecule has 0 saturated heterocycles. The molecule has 0 fully saturated rings. The van der Waals surface area contributed by atoms with Crippen LogP contribution in [0.5, 0.6) is 0 Å².